The Morgan fingerprint density at radius 3 is 2.69 bits per heavy atom. The monoisotopic (exact) mass is 187 g/mol. The van der Waals surface area contributed by atoms with Gasteiger partial charge < -0.3 is 9.47 Å². The number of rotatable bonds is 4. The molecule has 0 N–H and O–H groups in total. The van der Waals surface area contributed by atoms with Gasteiger partial charge >= 0.3 is 0 Å². The number of likely N-dealkylation sites (tertiary alicyclic amines) is 1. The fraction of sp³-hybridized carbons (Fsp3) is 1.00. The molecule has 1 rings (SSSR count). The summed E-state index contributed by atoms with van der Waals surface area (Å²) in [5, 5.41) is 0. The van der Waals surface area contributed by atoms with E-state index in [1.165, 1.54) is 0 Å². The van der Waals surface area contributed by atoms with E-state index in [9.17, 15) is 0 Å². The molecule has 0 aromatic carbocycles. The third-order valence-corrected chi connectivity index (χ3v) is 2.66. The molecular weight excluding hydrogens is 166 g/mol. The van der Waals surface area contributed by atoms with Gasteiger partial charge in [-0.3, -0.25) is 4.90 Å². The van der Waals surface area contributed by atoms with E-state index in [0.29, 0.717) is 18.2 Å². The van der Waals surface area contributed by atoms with Gasteiger partial charge in [0.2, 0.25) is 0 Å². The first-order valence-corrected chi connectivity index (χ1v) is 4.99. The van der Waals surface area contributed by atoms with Crippen LogP contribution in [0.5, 0.6) is 0 Å². The van der Waals surface area contributed by atoms with Crippen molar-refractivity contribution in [2.45, 2.75) is 38.5 Å². The highest BCUT2D eigenvalue weighted by molar-refractivity contribution is 4.85. The van der Waals surface area contributed by atoms with Crippen LogP contribution in [0.3, 0.4) is 0 Å². The number of hydrogen-bond donors (Lipinski definition) is 0. The summed E-state index contributed by atoms with van der Waals surface area (Å²) in [4.78, 5) is 2.32. The fourth-order valence-corrected chi connectivity index (χ4v) is 1.77. The quantitative estimate of drug-likeness (QED) is 0.658. The second-order valence-electron chi connectivity index (χ2n) is 3.99. The van der Waals surface area contributed by atoms with Crippen LogP contribution in [-0.2, 0) is 9.47 Å². The summed E-state index contributed by atoms with van der Waals surface area (Å²) in [6, 6.07) is 0.437. The maximum Gasteiger partial charge on any atom is 0.0761 e. The zero-order valence-electron chi connectivity index (χ0n) is 9.12. The number of ether oxygens (including phenoxy) is 2. The summed E-state index contributed by atoms with van der Waals surface area (Å²) >= 11 is 0. The van der Waals surface area contributed by atoms with E-state index in [0.717, 1.165) is 19.6 Å². The van der Waals surface area contributed by atoms with Crippen LogP contribution in [0.1, 0.15) is 20.3 Å². The van der Waals surface area contributed by atoms with Gasteiger partial charge in [-0.25, -0.2) is 0 Å². The first kappa shape index (κ1) is 11.0. The van der Waals surface area contributed by atoms with E-state index in [4.69, 9.17) is 9.47 Å². The maximum absolute atomic E-state index is 5.61. The van der Waals surface area contributed by atoms with Crippen molar-refractivity contribution in [3.63, 3.8) is 0 Å². The lowest BCUT2D eigenvalue weighted by Gasteiger charge is -2.24. The normalized spacial score (nSPS) is 30.2. The molecule has 78 valence electrons. The molecule has 0 amide bonds. The number of likely N-dealkylation sites (N-methyl/N-ethyl adjacent to an activating group) is 1. The number of methoxy groups -OCH3 is 1. The summed E-state index contributed by atoms with van der Waals surface area (Å²) in [6.07, 6.45) is 1.79. The first-order chi connectivity index (χ1) is 6.15. The Morgan fingerprint density at radius 1 is 1.46 bits per heavy atom. The molecule has 3 nitrogen and oxygen atoms in total. The summed E-state index contributed by atoms with van der Waals surface area (Å²) in [5.41, 5.74) is 0. The third kappa shape index (κ3) is 2.93. The fourth-order valence-electron chi connectivity index (χ4n) is 1.77. The number of hydrogen-bond acceptors (Lipinski definition) is 3. The minimum absolute atomic E-state index is 0.312. The molecule has 13 heavy (non-hydrogen) atoms. The van der Waals surface area contributed by atoms with Crippen molar-refractivity contribution in [2.75, 3.05) is 27.3 Å². The van der Waals surface area contributed by atoms with Gasteiger partial charge in [0, 0.05) is 13.7 Å². The molecule has 1 saturated heterocycles. The van der Waals surface area contributed by atoms with Crippen molar-refractivity contribution in [1.82, 2.24) is 4.90 Å². The second-order valence-corrected chi connectivity index (χ2v) is 3.99. The highest BCUT2D eigenvalue weighted by Crippen LogP contribution is 2.19. The van der Waals surface area contributed by atoms with Gasteiger partial charge in [0.25, 0.3) is 0 Å². The van der Waals surface area contributed by atoms with Gasteiger partial charge in [0.15, 0.2) is 0 Å². The summed E-state index contributed by atoms with van der Waals surface area (Å²) < 4.78 is 11.0. The Labute approximate surface area is 81.0 Å². The van der Waals surface area contributed by atoms with E-state index in [1.807, 2.05) is 0 Å². The van der Waals surface area contributed by atoms with Crippen molar-refractivity contribution in [3.8, 4) is 0 Å². The van der Waals surface area contributed by atoms with E-state index in [2.05, 4.69) is 25.8 Å². The van der Waals surface area contributed by atoms with Crippen LogP contribution in [0, 0.1) is 0 Å². The lowest BCUT2D eigenvalue weighted by molar-refractivity contribution is -0.00461. The molecule has 0 aliphatic carbocycles. The van der Waals surface area contributed by atoms with Gasteiger partial charge in [-0.2, -0.15) is 0 Å². The van der Waals surface area contributed by atoms with Crippen molar-refractivity contribution in [2.24, 2.45) is 0 Å². The standard InChI is InChI=1S/C10H21NO2/c1-8(2)13-7-9-10(12-4)5-6-11(9)3/h8-10H,5-7H2,1-4H3/t9-,10+/m1/s1. The molecule has 0 spiro atoms. The highest BCUT2D eigenvalue weighted by Gasteiger charge is 2.31. The lowest BCUT2D eigenvalue weighted by atomic mass is 10.2. The summed E-state index contributed by atoms with van der Waals surface area (Å²) in [7, 11) is 3.92. The number of nitrogens with zero attached hydrogens (tertiary/aromatic N) is 1. The smallest absolute Gasteiger partial charge is 0.0761 e. The Bertz CT molecular complexity index is 150. The van der Waals surface area contributed by atoms with Crippen LogP contribution in [0.4, 0.5) is 0 Å². The van der Waals surface area contributed by atoms with Gasteiger partial charge in [0.05, 0.1) is 24.9 Å². The molecule has 0 radical (unpaired) electrons. The van der Waals surface area contributed by atoms with Crippen molar-refractivity contribution < 1.29 is 9.47 Å². The van der Waals surface area contributed by atoms with Gasteiger partial charge in [-0.1, -0.05) is 0 Å². The van der Waals surface area contributed by atoms with Crippen LogP contribution in [0.2, 0.25) is 0 Å². The Balaban J connectivity index is 2.35. The van der Waals surface area contributed by atoms with Crippen molar-refractivity contribution in [1.29, 1.82) is 0 Å². The molecule has 3 heteroatoms. The van der Waals surface area contributed by atoms with Crippen LogP contribution in [-0.4, -0.2) is 50.5 Å². The molecule has 0 unspecified atom stereocenters. The Kier molecular flexibility index (Phi) is 4.16. The Morgan fingerprint density at radius 2 is 2.15 bits per heavy atom. The predicted molar refractivity (Wildman–Crippen MR) is 52.9 cm³/mol. The average molecular weight is 187 g/mol. The molecule has 1 fully saturated rings. The minimum Gasteiger partial charge on any atom is -0.380 e. The molecule has 0 bridgehead atoms. The Hall–Kier alpha value is -0.120. The molecular formula is C10H21NO2. The van der Waals surface area contributed by atoms with Crippen LogP contribution < -0.4 is 0 Å². The van der Waals surface area contributed by atoms with Crippen molar-refractivity contribution >= 4 is 0 Å². The zero-order chi connectivity index (χ0) is 9.84. The summed E-state index contributed by atoms with van der Waals surface area (Å²) in [5.74, 6) is 0. The largest absolute Gasteiger partial charge is 0.380 e. The van der Waals surface area contributed by atoms with Gasteiger partial charge in [0.1, 0.15) is 0 Å². The summed E-state index contributed by atoms with van der Waals surface area (Å²) in [6.45, 7) is 6.03. The molecule has 1 heterocycles. The van der Waals surface area contributed by atoms with E-state index < -0.39 is 0 Å². The minimum atomic E-state index is 0.312. The lowest BCUT2D eigenvalue weighted by Crippen LogP contribution is -2.38. The van der Waals surface area contributed by atoms with E-state index in [-0.39, 0.29) is 0 Å². The van der Waals surface area contributed by atoms with Gasteiger partial charge in [-0.15, -0.1) is 0 Å². The molecule has 0 aromatic rings. The zero-order valence-corrected chi connectivity index (χ0v) is 9.12. The maximum atomic E-state index is 5.61. The highest BCUT2D eigenvalue weighted by atomic mass is 16.5. The van der Waals surface area contributed by atoms with Crippen LogP contribution in [0.25, 0.3) is 0 Å². The van der Waals surface area contributed by atoms with E-state index in [1.54, 1.807) is 7.11 Å². The van der Waals surface area contributed by atoms with Gasteiger partial charge in [-0.05, 0) is 27.3 Å². The van der Waals surface area contributed by atoms with Crippen LogP contribution >= 0.6 is 0 Å². The molecule has 2 atom stereocenters. The SMILES string of the molecule is CO[C@H]1CCN(C)[C@@H]1COC(C)C. The average Bonchev–Trinajstić information content (AvgIpc) is 2.43. The molecule has 0 aromatic heterocycles. The second kappa shape index (κ2) is 4.94. The van der Waals surface area contributed by atoms with Crippen molar-refractivity contribution in [3.05, 3.63) is 0 Å². The predicted octanol–water partition coefficient (Wildman–Crippen LogP) is 1.13. The van der Waals surface area contributed by atoms with Crippen LogP contribution in [0.15, 0.2) is 0 Å². The van der Waals surface area contributed by atoms with E-state index >= 15 is 0 Å². The molecule has 1 aliphatic rings. The molecule has 1 aliphatic heterocycles. The topological polar surface area (TPSA) is 21.7 Å². The first-order valence-electron chi connectivity index (χ1n) is 4.99. The molecule has 0 saturated carbocycles. The third-order valence-electron chi connectivity index (χ3n) is 2.66.